The van der Waals surface area contributed by atoms with Crippen molar-refractivity contribution in [3.63, 3.8) is 0 Å². The zero-order valence-corrected chi connectivity index (χ0v) is 21.8. The van der Waals surface area contributed by atoms with E-state index in [9.17, 15) is 13.2 Å². The number of sulfonamides is 1. The summed E-state index contributed by atoms with van der Waals surface area (Å²) in [4.78, 5) is 16.7. The number of fused-ring (bicyclic) bond motifs is 1. The van der Waals surface area contributed by atoms with Gasteiger partial charge in [-0.2, -0.15) is 0 Å². The lowest BCUT2D eigenvalue weighted by Gasteiger charge is -2.39. The van der Waals surface area contributed by atoms with Crippen LogP contribution in [0.5, 0.6) is 0 Å². The van der Waals surface area contributed by atoms with Crippen molar-refractivity contribution in [3.8, 4) is 0 Å². The summed E-state index contributed by atoms with van der Waals surface area (Å²) >= 11 is 0. The van der Waals surface area contributed by atoms with Crippen LogP contribution in [0.25, 0.3) is 0 Å². The Morgan fingerprint density at radius 3 is 2.62 bits per heavy atom. The average molecular weight is 499 g/mol. The zero-order chi connectivity index (χ0) is 24.3. The molecule has 0 aromatic rings. The van der Waals surface area contributed by atoms with Crippen molar-refractivity contribution in [2.24, 2.45) is 5.92 Å². The van der Waals surface area contributed by atoms with Gasteiger partial charge in [-0.3, -0.25) is 10.9 Å². The van der Waals surface area contributed by atoms with Crippen molar-refractivity contribution in [2.75, 3.05) is 46.8 Å². The first kappa shape index (κ1) is 24.7. The van der Waals surface area contributed by atoms with Crippen LogP contribution in [-0.2, 0) is 10.0 Å². The number of piperidine rings is 1. The van der Waals surface area contributed by atoms with E-state index in [2.05, 4.69) is 39.7 Å². The lowest BCUT2D eigenvalue weighted by Crippen LogP contribution is -2.57. The maximum absolute atomic E-state index is 13.4. The Labute approximate surface area is 203 Å². The van der Waals surface area contributed by atoms with Crippen molar-refractivity contribution in [1.29, 1.82) is 0 Å². The molecule has 34 heavy (non-hydrogen) atoms. The van der Waals surface area contributed by atoms with E-state index in [0.717, 1.165) is 51.7 Å². The molecule has 4 N–H and O–H groups in total. The SMILES string of the molecule is CN1NCC2CCCC(NS(=O)(=O)C3CNN(C4CC(N5CC(C)(C)N(C)C5=O)CCN4)C3)C21. The molecule has 2 amide bonds. The molecule has 6 unspecified atom stereocenters. The van der Waals surface area contributed by atoms with Crippen LogP contribution in [0, 0.1) is 5.92 Å². The van der Waals surface area contributed by atoms with E-state index in [1.54, 1.807) is 0 Å². The predicted molar refractivity (Wildman–Crippen MR) is 130 cm³/mol. The van der Waals surface area contributed by atoms with Crippen molar-refractivity contribution in [3.05, 3.63) is 0 Å². The lowest BCUT2D eigenvalue weighted by molar-refractivity contribution is 0.0779. The van der Waals surface area contributed by atoms with Gasteiger partial charge in [0, 0.05) is 58.4 Å². The molecule has 1 aliphatic carbocycles. The molecule has 0 aromatic heterocycles. The summed E-state index contributed by atoms with van der Waals surface area (Å²) in [6.45, 7) is 7.50. The highest BCUT2D eigenvalue weighted by Crippen LogP contribution is 2.32. The van der Waals surface area contributed by atoms with E-state index in [-0.39, 0.29) is 35.9 Å². The van der Waals surface area contributed by atoms with Gasteiger partial charge < -0.3 is 15.1 Å². The molecule has 4 heterocycles. The van der Waals surface area contributed by atoms with Crippen LogP contribution in [0.1, 0.15) is 46.0 Å². The van der Waals surface area contributed by atoms with E-state index >= 15 is 0 Å². The maximum atomic E-state index is 13.4. The van der Waals surface area contributed by atoms with Crippen LogP contribution in [0.2, 0.25) is 0 Å². The van der Waals surface area contributed by atoms with Gasteiger partial charge in [0.05, 0.1) is 11.7 Å². The van der Waals surface area contributed by atoms with Gasteiger partial charge in [-0.25, -0.2) is 28.0 Å². The molecule has 194 valence electrons. The molecule has 0 bridgehead atoms. The van der Waals surface area contributed by atoms with Gasteiger partial charge in [0.25, 0.3) is 0 Å². The molecule has 1 saturated carbocycles. The maximum Gasteiger partial charge on any atom is 0.320 e. The number of hydrazine groups is 2. The van der Waals surface area contributed by atoms with Gasteiger partial charge >= 0.3 is 6.03 Å². The minimum Gasteiger partial charge on any atom is -0.321 e. The molecule has 0 radical (unpaired) electrons. The van der Waals surface area contributed by atoms with E-state index in [0.29, 0.717) is 19.0 Å². The van der Waals surface area contributed by atoms with Crippen LogP contribution >= 0.6 is 0 Å². The molecule has 11 nitrogen and oxygen atoms in total. The fourth-order valence-electron chi connectivity index (χ4n) is 6.62. The topological polar surface area (TPSA) is 112 Å². The Bertz CT molecular complexity index is 883. The number of hydrogen-bond donors (Lipinski definition) is 4. The number of urea groups is 1. The van der Waals surface area contributed by atoms with Crippen LogP contribution in [0.15, 0.2) is 0 Å². The standard InChI is InChI=1S/C22H42N8O3S/c1-22(2)14-29(21(31)27(22)3)16-8-9-23-19(10-16)30-13-17(12-25-30)34(32,33)26-18-7-5-6-15-11-24-28(4)20(15)18/h15-20,23-26H,5-14H2,1-4H3. The molecule has 12 heteroatoms. The minimum atomic E-state index is -3.46. The third kappa shape index (κ3) is 4.46. The number of nitrogens with zero attached hydrogens (tertiary/aromatic N) is 4. The summed E-state index contributed by atoms with van der Waals surface area (Å²) < 4.78 is 29.8. The summed E-state index contributed by atoms with van der Waals surface area (Å²) in [6.07, 6.45) is 4.80. The van der Waals surface area contributed by atoms with Crippen LogP contribution in [-0.4, -0.2) is 116 Å². The fourth-order valence-corrected chi connectivity index (χ4v) is 8.14. The number of carbonyl (C=O) groups excluding carboxylic acids is 1. The second-order valence-corrected chi connectivity index (χ2v) is 13.5. The molecule has 0 spiro atoms. The average Bonchev–Trinajstić information content (AvgIpc) is 3.49. The van der Waals surface area contributed by atoms with Crippen molar-refractivity contribution in [2.45, 2.75) is 81.0 Å². The fraction of sp³-hybridized carbons (Fsp3) is 0.955. The minimum absolute atomic E-state index is 0.00462. The summed E-state index contributed by atoms with van der Waals surface area (Å²) in [5.41, 5.74) is 6.54. The van der Waals surface area contributed by atoms with Gasteiger partial charge in [0.2, 0.25) is 10.0 Å². The van der Waals surface area contributed by atoms with Gasteiger partial charge in [0.15, 0.2) is 0 Å². The highest BCUT2D eigenvalue weighted by molar-refractivity contribution is 7.90. The Hall–Kier alpha value is -1.02. The smallest absolute Gasteiger partial charge is 0.320 e. The molecular weight excluding hydrogens is 456 g/mol. The molecule has 0 aromatic carbocycles. The second kappa shape index (κ2) is 9.13. The number of carbonyl (C=O) groups is 1. The normalized spacial score (nSPS) is 39.7. The third-order valence-corrected chi connectivity index (χ3v) is 10.7. The Morgan fingerprint density at radius 1 is 1.09 bits per heavy atom. The monoisotopic (exact) mass is 498 g/mol. The summed E-state index contributed by atoms with van der Waals surface area (Å²) in [7, 11) is 0.432. The van der Waals surface area contributed by atoms with E-state index < -0.39 is 15.3 Å². The quantitative estimate of drug-likeness (QED) is 0.394. The molecule has 5 fully saturated rings. The van der Waals surface area contributed by atoms with E-state index in [1.807, 2.05) is 28.9 Å². The highest BCUT2D eigenvalue weighted by Gasteiger charge is 2.47. The first-order chi connectivity index (χ1) is 16.1. The van der Waals surface area contributed by atoms with Crippen molar-refractivity contribution in [1.82, 2.24) is 40.7 Å². The van der Waals surface area contributed by atoms with Crippen LogP contribution in [0.4, 0.5) is 4.79 Å². The van der Waals surface area contributed by atoms with Crippen molar-refractivity contribution >= 4 is 16.1 Å². The number of nitrogens with one attached hydrogen (secondary N) is 4. The van der Waals surface area contributed by atoms with Crippen LogP contribution < -0.4 is 20.9 Å². The predicted octanol–water partition coefficient (Wildman–Crippen LogP) is -0.694. The number of rotatable bonds is 5. The number of likely N-dealkylation sites (N-methyl/N-ethyl adjacent to an activating group) is 2. The van der Waals surface area contributed by atoms with Crippen molar-refractivity contribution < 1.29 is 13.2 Å². The summed E-state index contributed by atoms with van der Waals surface area (Å²) in [6, 6.07) is 0.418. The molecule has 4 aliphatic heterocycles. The summed E-state index contributed by atoms with van der Waals surface area (Å²) in [5, 5.41) is 7.18. The largest absolute Gasteiger partial charge is 0.321 e. The lowest BCUT2D eigenvalue weighted by atomic mass is 9.82. The molecule has 5 rings (SSSR count). The molecule has 4 saturated heterocycles. The zero-order valence-electron chi connectivity index (χ0n) is 21.0. The van der Waals surface area contributed by atoms with Gasteiger partial charge in [-0.15, -0.1) is 0 Å². The highest BCUT2D eigenvalue weighted by atomic mass is 32.2. The van der Waals surface area contributed by atoms with Gasteiger partial charge in [-0.1, -0.05) is 6.42 Å². The molecular formula is C22H42N8O3S. The third-order valence-electron chi connectivity index (χ3n) is 8.88. The molecule has 5 aliphatic rings. The molecule has 6 atom stereocenters. The van der Waals surface area contributed by atoms with Crippen LogP contribution in [0.3, 0.4) is 0 Å². The number of amides is 2. The van der Waals surface area contributed by atoms with E-state index in [1.165, 1.54) is 0 Å². The number of hydrogen-bond acceptors (Lipinski definition) is 8. The van der Waals surface area contributed by atoms with Gasteiger partial charge in [-0.05, 0) is 52.0 Å². The Kier molecular flexibility index (Phi) is 6.62. The summed E-state index contributed by atoms with van der Waals surface area (Å²) in [5.74, 6) is 0.505. The Balaban J connectivity index is 1.19. The van der Waals surface area contributed by atoms with Gasteiger partial charge in [0.1, 0.15) is 5.25 Å². The van der Waals surface area contributed by atoms with E-state index in [4.69, 9.17) is 0 Å². The first-order valence-electron chi connectivity index (χ1n) is 12.8. The second-order valence-electron chi connectivity index (χ2n) is 11.5. The first-order valence-corrected chi connectivity index (χ1v) is 14.4. The Morgan fingerprint density at radius 2 is 1.88 bits per heavy atom.